The number of aromatic nitrogens is 3. The Morgan fingerprint density at radius 3 is 2.83 bits per heavy atom. The largest absolute Gasteiger partial charge is 0.485 e. The number of hydrogen-bond acceptors (Lipinski definition) is 7. The Hall–Kier alpha value is -3.20. The van der Waals surface area contributed by atoms with E-state index in [-0.39, 0.29) is 18.5 Å². The van der Waals surface area contributed by atoms with E-state index >= 15 is 0 Å². The first kappa shape index (κ1) is 20.1. The van der Waals surface area contributed by atoms with E-state index in [9.17, 15) is 4.79 Å². The molecule has 30 heavy (non-hydrogen) atoms. The van der Waals surface area contributed by atoms with Gasteiger partial charge in [-0.1, -0.05) is 29.5 Å². The number of benzene rings is 2. The number of rotatable bonds is 7. The van der Waals surface area contributed by atoms with Gasteiger partial charge in [-0.2, -0.15) is 0 Å². The first-order chi connectivity index (χ1) is 14.5. The van der Waals surface area contributed by atoms with Gasteiger partial charge in [-0.3, -0.25) is 4.79 Å². The molecule has 0 fully saturated rings. The second-order valence-corrected chi connectivity index (χ2v) is 7.86. The number of ether oxygens (including phenoxy) is 3. The minimum Gasteiger partial charge on any atom is -0.485 e. The predicted octanol–water partition coefficient (Wildman–Crippen LogP) is 3.47. The fourth-order valence-electron chi connectivity index (χ4n) is 3.00. The van der Waals surface area contributed by atoms with E-state index in [1.165, 1.54) is 17.3 Å². The lowest BCUT2D eigenvalue weighted by molar-refractivity contribution is -0.113. The van der Waals surface area contributed by atoms with Gasteiger partial charge >= 0.3 is 0 Å². The number of hydrogen-bond donors (Lipinski definition) is 1. The second kappa shape index (κ2) is 8.66. The molecule has 1 aromatic heterocycles. The summed E-state index contributed by atoms with van der Waals surface area (Å²) in [7, 11) is 1.86. The van der Waals surface area contributed by atoms with E-state index in [1.54, 1.807) is 18.2 Å². The number of nitrogens with one attached hydrogen (secondary N) is 1. The van der Waals surface area contributed by atoms with Gasteiger partial charge in [0.1, 0.15) is 12.4 Å². The summed E-state index contributed by atoms with van der Waals surface area (Å²) in [6, 6.07) is 11.3. The number of aryl methyl sites for hydroxylation is 2. The molecular formula is C21H22N4O4S. The van der Waals surface area contributed by atoms with E-state index < -0.39 is 0 Å². The second-order valence-electron chi connectivity index (χ2n) is 6.92. The molecule has 3 aromatic rings. The third kappa shape index (κ3) is 4.51. The average Bonchev–Trinajstić information content (AvgIpc) is 3.32. The predicted molar refractivity (Wildman–Crippen MR) is 113 cm³/mol. The van der Waals surface area contributed by atoms with Gasteiger partial charge in [0.05, 0.1) is 5.75 Å². The highest BCUT2D eigenvalue weighted by molar-refractivity contribution is 7.99. The number of carbonyl (C=O) groups excluding carboxylic acids is 1. The van der Waals surface area contributed by atoms with Crippen LogP contribution in [0.3, 0.4) is 0 Å². The SMILES string of the molecule is Cc1ccc(OCc2nnc(SCC(=O)Nc3ccc4c(c3)OCO4)n2C)c(C)c1. The van der Waals surface area contributed by atoms with Crippen LogP contribution in [0, 0.1) is 13.8 Å². The van der Waals surface area contributed by atoms with Crippen molar-refractivity contribution in [1.29, 1.82) is 0 Å². The monoisotopic (exact) mass is 426 g/mol. The first-order valence-electron chi connectivity index (χ1n) is 9.40. The van der Waals surface area contributed by atoms with Crippen molar-refractivity contribution in [2.24, 2.45) is 7.05 Å². The molecule has 0 saturated carbocycles. The van der Waals surface area contributed by atoms with Crippen LogP contribution in [0.5, 0.6) is 17.2 Å². The lowest BCUT2D eigenvalue weighted by Gasteiger charge is -2.09. The third-order valence-electron chi connectivity index (χ3n) is 4.60. The Kier molecular flexibility index (Phi) is 5.80. The number of amides is 1. The molecule has 4 rings (SSSR count). The number of anilines is 1. The van der Waals surface area contributed by atoms with Crippen LogP contribution >= 0.6 is 11.8 Å². The lowest BCUT2D eigenvalue weighted by atomic mass is 10.1. The molecule has 1 aliphatic rings. The number of fused-ring (bicyclic) bond motifs is 1. The van der Waals surface area contributed by atoms with Crippen molar-refractivity contribution < 1.29 is 19.0 Å². The van der Waals surface area contributed by atoms with Crippen LogP contribution in [0.1, 0.15) is 17.0 Å². The molecule has 0 atom stereocenters. The van der Waals surface area contributed by atoms with Gasteiger partial charge in [0.25, 0.3) is 0 Å². The Morgan fingerprint density at radius 2 is 2.00 bits per heavy atom. The van der Waals surface area contributed by atoms with Crippen molar-refractivity contribution in [3.05, 3.63) is 53.3 Å². The summed E-state index contributed by atoms with van der Waals surface area (Å²) < 4.78 is 18.3. The minimum atomic E-state index is -0.144. The Labute approximate surface area is 178 Å². The third-order valence-corrected chi connectivity index (χ3v) is 5.62. The fraction of sp³-hybridized carbons (Fsp3) is 0.286. The van der Waals surface area contributed by atoms with Gasteiger partial charge in [0.2, 0.25) is 12.7 Å². The summed E-state index contributed by atoms with van der Waals surface area (Å²) in [5.74, 6) is 2.88. The summed E-state index contributed by atoms with van der Waals surface area (Å²) in [6.07, 6.45) is 0. The average molecular weight is 426 g/mol. The van der Waals surface area contributed by atoms with Crippen LogP contribution in [-0.2, 0) is 18.4 Å². The maximum atomic E-state index is 12.3. The standard InChI is InChI=1S/C21H22N4O4S/c1-13-4-6-16(14(2)8-13)27-10-19-23-24-21(25(19)3)30-11-20(26)22-15-5-7-17-18(9-15)29-12-28-17/h4-9H,10-12H2,1-3H3,(H,22,26). The maximum absolute atomic E-state index is 12.3. The van der Waals surface area contributed by atoms with Crippen LogP contribution in [-0.4, -0.2) is 33.2 Å². The van der Waals surface area contributed by atoms with Crippen LogP contribution in [0.25, 0.3) is 0 Å². The fourth-order valence-corrected chi connectivity index (χ4v) is 3.73. The van der Waals surface area contributed by atoms with Gasteiger partial charge in [0.15, 0.2) is 22.5 Å². The van der Waals surface area contributed by atoms with Gasteiger partial charge < -0.3 is 24.1 Å². The normalized spacial score (nSPS) is 12.1. The molecule has 2 aromatic carbocycles. The van der Waals surface area contributed by atoms with Crippen LogP contribution in [0.15, 0.2) is 41.6 Å². The van der Waals surface area contributed by atoms with Crippen LogP contribution in [0.4, 0.5) is 5.69 Å². The zero-order valence-electron chi connectivity index (χ0n) is 17.0. The topological polar surface area (TPSA) is 87.5 Å². The highest BCUT2D eigenvalue weighted by Gasteiger charge is 2.15. The summed E-state index contributed by atoms with van der Waals surface area (Å²) in [6.45, 7) is 4.56. The van der Waals surface area contributed by atoms with Crippen molar-refractivity contribution in [1.82, 2.24) is 14.8 Å². The quantitative estimate of drug-likeness (QED) is 0.579. The summed E-state index contributed by atoms with van der Waals surface area (Å²) in [5, 5.41) is 11.9. The smallest absolute Gasteiger partial charge is 0.234 e. The van der Waals surface area contributed by atoms with Crippen LogP contribution < -0.4 is 19.5 Å². The van der Waals surface area contributed by atoms with E-state index in [2.05, 4.69) is 21.6 Å². The zero-order valence-corrected chi connectivity index (χ0v) is 17.8. The minimum absolute atomic E-state index is 0.144. The van der Waals surface area contributed by atoms with E-state index in [0.29, 0.717) is 34.8 Å². The molecule has 0 unspecified atom stereocenters. The van der Waals surface area contributed by atoms with Gasteiger partial charge in [-0.25, -0.2) is 0 Å². The molecule has 1 amide bonds. The van der Waals surface area contributed by atoms with Gasteiger partial charge in [-0.05, 0) is 37.6 Å². The first-order valence-corrected chi connectivity index (χ1v) is 10.4. The molecule has 9 heteroatoms. The Bertz CT molecular complexity index is 1080. The lowest BCUT2D eigenvalue weighted by Crippen LogP contribution is -2.14. The molecular weight excluding hydrogens is 404 g/mol. The molecule has 8 nitrogen and oxygen atoms in total. The van der Waals surface area contributed by atoms with E-state index in [0.717, 1.165) is 11.3 Å². The Morgan fingerprint density at radius 1 is 1.17 bits per heavy atom. The van der Waals surface area contributed by atoms with Gasteiger partial charge in [0, 0.05) is 18.8 Å². The van der Waals surface area contributed by atoms with Crippen LogP contribution in [0.2, 0.25) is 0 Å². The van der Waals surface area contributed by atoms with Crippen molar-refractivity contribution in [3.8, 4) is 17.2 Å². The van der Waals surface area contributed by atoms with Crippen molar-refractivity contribution >= 4 is 23.4 Å². The molecule has 0 aliphatic carbocycles. The molecule has 0 saturated heterocycles. The zero-order chi connectivity index (χ0) is 21.1. The highest BCUT2D eigenvalue weighted by atomic mass is 32.2. The van der Waals surface area contributed by atoms with E-state index in [4.69, 9.17) is 14.2 Å². The molecule has 0 spiro atoms. The maximum Gasteiger partial charge on any atom is 0.234 e. The molecule has 0 radical (unpaired) electrons. The summed E-state index contributed by atoms with van der Waals surface area (Å²) >= 11 is 1.31. The number of thioether (sulfide) groups is 1. The molecule has 0 bridgehead atoms. The number of nitrogens with zero attached hydrogens (tertiary/aromatic N) is 3. The van der Waals surface area contributed by atoms with Crippen molar-refractivity contribution in [2.45, 2.75) is 25.6 Å². The Balaban J connectivity index is 1.31. The summed E-state index contributed by atoms with van der Waals surface area (Å²) in [5.41, 5.74) is 2.92. The van der Waals surface area contributed by atoms with E-state index in [1.807, 2.05) is 37.6 Å². The van der Waals surface area contributed by atoms with Crippen molar-refractivity contribution in [2.75, 3.05) is 17.9 Å². The van der Waals surface area contributed by atoms with Gasteiger partial charge in [-0.15, -0.1) is 10.2 Å². The molecule has 1 N–H and O–H groups in total. The summed E-state index contributed by atoms with van der Waals surface area (Å²) in [4.78, 5) is 12.3. The van der Waals surface area contributed by atoms with Crippen molar-refractivity contribution in [3.63, 3.8) is 0 Å². The molecule has 2 heterocycles. The molecule has 1 aliphatic heterocycles. The number of carbonyl (C=O) groups is 1. The highest BCUT2D eigenvalue weighted by Crippen LogP contribution is 2.34. The molecule has 156 valence electrons.